The minimum Gasteiger partial charge on any atom is -0.478 e. The number of aromatic carboxylic acids is 1. The zero-order valence-corrected chi connectivity index (χ0v) is 11.4. The molecule has 102 valence electrons. The highest BCUT2D eigenvalue weighted by atomic mass is 35.5. The van der Waals surface area contributed by atoms with Crippen LogP contribution in [-0.4, -0.2) is 22.0 Å². The van der Waals surface area contributed by atoms with Gasteiger partial charge in [-0.25, -0.2) is 4.79 Å². The normalized spacial score (nSPS) is 10.1. The van der Waals surface area contributed by atoms with E-state index in [0.29, 0.717) is 0 Å². The van der Waals surface area contributed by atoms with Crippen LogP contribution < -0.4 is 5.32 Å². The average molecular weight is 311 g/mol. The number of carboxylic acids is 1. The van der Waals surface area contributed by atoms with Crippen molar-refractivity contribution in [2.75, 3.05) is 5.32 Å². The van der Waals surface area contributed by atoms with E-state index in [2.05, 4.69) is 10.3 Å². The molecule has 1 amide bonds. The van der Waals surface area contributed by atoms with Gasteiger partial charge in [0.15, 0.2) is 0 Å². The molecule has 2 aromatic rings. The number of carbonyl (C=O) groups excluding carboxylic acids is 1. The molecule has 2 N–H and O–H groups in total. The van der Waals surface area contributed by atoms with E-state index in [9.17, 15) is 9.59 Å². The molecule has 2 rings (SSSR count). The molecule has 5 nitrogen and oxygen atoms in total. The number of aromatic nitrogens is 1. The topological polar surface area (TPSA) is 79.3 Å². The Morgan fingerprint density at radius 2 is 1.85 bits per heavy atom. The molecule has 0 spiro atoms. The lowest BCUT2D eigenvalue weighted by molar-refractivity contribution is 0.0698. The Labute approximate surface area is 124 Å². The summed E-state index contributed by atoms with van der Waals surface area (Å²) in [5, 5.41) is 11.9. The molecule has 1 aromatic carbocycles. The molecule has 0 aliphatic heterocycles. The van der Waals surface area contributed by atoms with Crippen LogP contribution in [0.25, 0.3) is 0 Å². The van der Waals surface area contributed by atoms with Gasteiger partial charge in [0.2, 0.25) is 0 Å². The number of hydrogen-bond acceptors (Lipinski definition) is 3. The van der Waals surface area contributed by atoms with Gasteiger partial charge in [0, 0.05) is 12.4 Å². The first kappa shape index (κ1) is 14.3. The highest BCUT2D eigenvalue weighted by Crippen LogP contribution is 2.27. The third-order valence-corrected chi connectivity index (χ3v) is 3.14. The van der Waals surface area contributed by atoms with E-state index in [-0.39, 0.29) is 26.9 Å². The van der Waals surface area contributed by atoms with Crippen LogP contribution in [0.3, 0.4) is 0 Å². The zero-order chi connectivity index (χ0) is 14.7. The molecule has 0 radical (unpaired) electrons. The second-order valence-corrected chi connectivity index (χ2v) is 4.59. The van der Waals surface area contributed by atoms with Gasteiger partial charge in [0.1, 0.15) is 0 Å². The predicted octanol–water partition coefficient (Wildman–Crippen LogP) is 3.34. The molecule has 20 heavy (non-hydrogen) atoms. The average Bonchev–Trinajstić information content (AvgIpc) is 2.41. The van der Waals surface area contributed by atoms with E-state index in [1.54, 1.807) is 0 Å². The fourth-order valence-corrected chi connectivity index (χ4v) is 1.97. The lowest BCUT2D eigenvalue weighted by Crippen LogP contribution is -2.16. The van der Waals surface area contributed by atoms with Crippen molar-refractivity contribution in [3.8, 4) is 0 Å². The number of benzene rings is 1. The highest BCUT2D eigenvalue weighted by molar-refractivity contribution is 6.36. The zero-order valence-electron chi connectivity index (χ0n) is 9.93. The highest BCUT2D eigenvalue weighted by Gasteiger charge is 2.17. The third-order valence-electron chi connectivity index (χ3n) is 2.50. The molecule has 0 unspecified atom stereocenters. The van der Waals surface area contributed by atoms with Crippen LogP contribution in [0, 0.1) is 0 Å². The first-order valence-corrected chi connectivity index (χ1v) is 6.19. The molecular weight excluding hydrogens is 303 g/mol. The van der Waals surface area contributed by atoms with Crippen molar-refractivity contribution in [1.82, 2.24) is 4.98 Å². The van der Waals surface area contributed by atoms with Crippen molar-refractivity contribution < 1.29 is 14.7 Å². The van der Waals surface area contributed by atoms with E-state index >= 15 is 0 Å². The van der Waals surface area contributed by atoms with Gasteiger partial charge in [-0.3, -0.25) is 9.78 Å². The number of halogens is 2. The summed E-state index contributed by atoms with van der Waals surface area (Å²) in [7, 11) is 0. The molecule has 0 aliphatic rings. The summed E-state index contributed by atoms with van der Waals surface area (Å²) in [5.74, 6) is -1.78. The van der Waals surface area contributed by atoms with Crippen LogP contribution in [0.2, 0.25) is 10.0 Å². The monoisotopic (exact) mass is 310 g/mol. The number of para-hydroxylation sites is 1. The Balaban J connectivity index is 2.38. The molecule has 0 atom stereocenters. The van der Waals surface area contributed by atoms with Crippen molar-refractivity contribution in [2.45, 2.75) is 0 Å². The van der Waals surface area contributed by atoms with Gasteiger partial charge in [-0.15, -0.1) is 0 Å². The summed E-state index contributed by atoms with van der Waals surface area (Å²) >= 11 is 11.8. The maximum Gasteiger partial charge on any atom is 0.337 e. The summed E-state index contributed by atoms with van der Waals surface area (Å²) in [6, 6.07) is 5.77. The summed E-state index contributed by atoms with van der Waals surface area (Å²) in [6.07, 6.45) is 2.73. The second-order valence-electron chi connectivity index (χ2n) is 3.78. The van der Waals surface area contributed by atoms with E-state index in [1.807, 2.05) is 0 Å². The Kier molecular flexibility index (Phi) is 4.22. The quantitative estimate of drug-likeness (QED) is 0.911. The van der Waals surface area contributed by atoms with Crippen molar-refractivity contribution in [3.05, 3.63) is 57.8 Å². The lowest BCUT2D eigenvalue weighted by Gasteiger charge is -2.10. The summed E-state index contributed by atoms with van der Waals surface area (Å²) in [4.78, 5) is 27.0. The fourth-order valence-electron chi connectivity index (χ4n) is 1.55. The number of amides is 1. The first-order valence-electron chi connectivity index (χ1n) is 5.43. The van der Waals surface area contributed by atoms with E-state index in [4.69, 9.17) is 28.3 Å². The van der Waals surface area contributed by atoms with Crippen molar-refractivity contribution in [3.63, 3.8) is 0 Å². The molecule has 0 saturated heterocycles. The molecule has 0 fully saturated rings. The summed E-state index contributed by atoms with van der Waals surface area (Å²) in [5.41, 5.74) is 0.0443. The van der Waals surface area contributed by atoms with Crippen molar-refractivity contribution >= 4 is 40.8 Å². The second kappa shape index (κ2) is 5.90. The van der Waals surface area contributed by atoms with Crippen LogP contribution in [0.4, 0.5) is 5.69 Å². The van der Waals surface area contributed by atoms with Crippen LogP contribution >= 0.6 is 23.2 Å². The molecule has 0 bridgehead atoms. The Bertz CT molecular complexity index is 689. The molecule has 0 saturated carbocycles. The summed E-state index contributed by atoms with van der Waals surface area (Å²) < 4.78 is 0. The van der Waals surface area contributed by atoms with Gasteiger partial charge in [0.25, 0.3) is 5.91 Å². The van der Waals surface area contributed by atoms with Crippen molar-refractivity contribution in [1.29, 1.82) is 0 Å². The van der Waals surface area contributed by atoms with Crippen LogP contribution in [-0.2, 0) is 0 Å². The lowest BCUT2D eigenvalue weighted by atomic mass is 10.1. The van der Waals surface area contributed by atoms with Gasteiger partial charge in [-0.1, -0.05) is 29.3 Å². The molecule has 7 heteroatoms. The minimum absolute atomic E-state index is 0.0200. The molecule has 1 aromatic heterocycles. The largest absolute Gasteiger partial charge is 0.478 e. The van der Waals surface area contributed by atoms with Gasteiger partial charge in [-0.05, 0) is 18.2 Å². The Hall–Kier alpha value is -2.11. The summed E-state index contributed by atoms with van der Waals surface area (Å²) in [6.45, 7) is 0. The maximum absolute atomic E-state index is 12.1. The third kappa shape index (κ3) is 2.89. The number of rotatable bonds is 3. The molecule has 0 aliphatic carbocycles. The van der Waals surface area contributed by atoms with Gasteiger partial charge in [0.05, 0.1) is 26.9 Å². The van der Waals surface area contributed by atoms with Gasteiger partial charge in [-0.2, -0.15) is 0 Å². The Morgan fingerprint density at radius 1 is 1.10 bits per heavy atom. The first-order chi connectivity index (χ1) is 9.50. The number of carbonyl (C=O) groups is 2. The number of nitrogens with one attached hydrogen (secondary N) is 1. The number of hydrogen-bond donors (Lipinski definition) is 2. The smallest absolute Gasteiger partial charge is 0.337 e. The maximum atomic E-state index is 12.1. The SMILES string of the molecule is O=C(Nc1c(Cl)cccc1C(=O)O)c1cnccc1Cl. The van der Waals surface area contributed by atoms with Gasteiger partial charge < -0.3 is 10.4 Å². The van der Waals surface area contributed by atoms with E-state index < -0.39 is 11.9 Å². The number of pyridine rings is 1. The van der Waals surface area contributed by atoms with E-state index in [1.165, 1.54) is 36.7 Å². The standard InChI is InChI=1S/C13H8Cl2N2O3/c14-9-4-5-16-6-8(9)12(18)17-11-7(13(19)20)2-1-3-10(11)15/h1-6H,(H,17,18)(H,19,20). The fraction of sp³-hybridized carbons (Fsp3) is 0. The molecule has 1 heterocycles. The number of nitrogens with zero attached hydrogens (tertiary/aromatic N) is 1. The number of carboxylic acid groups (broad SMARTS) is 1. The minimum atomic E-state index is -1.19. The van der Waals surface area contributed by atoms with Crippen molar-refractivity contribution in [2.24, 2.45) is 0 Å². The van der Waals surface area contributed by atoms with E-state index in [0.717, 1.165) is 0 Å². The van der Waals surface area contributed by atoms with Crippen LogP contribution in [0.5, 0.6) is 0 Å². The number of anilines is 1. The molecular formula is C13H8Cl2N2O3. The van der Waals surface area contributed by atoms with Crippen LogP contribution in [0.1, 0.15) is 20.7 Å². The Morgan fingerprint density at radius 3 is 2.50 bits per heavy atom. The van der Waals surface area contributed by atoms with Crippen LogP contribution in [0.15, 0.2) is 36.7 Å². The predicted molar refractivity (Wildman–Crippen MR) is 75.6 cm³/mol. The van der Waals surface area contributed by atoms with Gasteiger partial charge >= 0.3 is 5.97 Å².